The first-order valence-corrected chi connectivity index (χ1v) is 10.8. The molecule has 2 aromatic heterocycles. The summed E-state index contributed by atoms with van der Waals surface area (Å²) in [5.41, 5.74) is 2.34. The molecular formula is C26H27NO5. The van der Waals surface area contributed by atoms with Crippen molar-refractivity contribution in [1.29, 1.82) is 0 Å². The summed E-state index contributed by atoms with van der Waals surface area (Å²) in [6.07, 6.45) is 2.95. The van der Waals surface area contributed by atoms with Gasteiger partial charge in [-0.25, -0.2) is 4.79 Å². The molecule has 0 saturated carbocycles. The van der Waals surface area contributed by atoms with E-state index in [1.807, 2.05) is 42.5 Å². The van der Waals surface area contributed by atoms with Crippen molar-refractivity contribution in [2.45, 2.75) is 32.7 Å². The summed E-state index contributed by atoms with van der Waals surface area (Å²) in [7, 11) is 0. The molecule has 0 bridgehead atoms. The van der Waals surface area contributed by atoms with E-state index in [2.05, 4.69) is 12.2 Å². The van der Waals surface area contributed by atoms with Crippen LogP contribution in [-0.2, 0) is 17.6 Å². The summed E-state index contributed by atoms with van der Waals surface area (Å²) < 4.78 is 16.9. The minimum absolute atomic E-state index is 0.129. The highest BCUT2D eigenvalue weighted by Gasteiger charge is 2.26. The van der Waals surface area contributed by atoms with E-state index in [0.29, 0.717) is 40.8 Å². The number of phenols is 1. The lowest BCUT2D eigenvalue weighted by atomic mass is 9.99. The van der Waals surface area contributed by atoms with Crippen molar-refractivity contribution in [3.8, 4) is 17.1 Å². The van der Waals surface area contributed by atoms with Crippen LogP contribution < -0.4 is 5.32 Å². The van der Waals surface area contributed by atoms with Crippen LogP contribution in [0.1, 0.15) is 35.5 Å². The van der Waals surface area contributed by atoms with Crippen molar-refractivity contribution in [3.63, 3.8) is 0 Å². The van der Waals surface area contributed by atoms with E-state index < -0.39 is 5.97 Å². The Morgan fingerprint density at radius 1 is 1.12 bits per heavy atom. The number of esters is 1. The predicted octanol–water partition coefficient (Wildman–Crippen LogP) is 5.34. The molecule has 32 heavy (non-hydrogen) atoms. The number of carbonyl (C=O) groups is 1. The van der Waals surface area contributed by atoms with Crippen LogP contribution in [0.5, 0.6) is 5.75 Å². The molecule has 6 nitrogen and oxygen atoms in total. The van der Waals surface area contributed by atoms with Crippen molar-refractivity contribution >= 4 is 16.9 Å². The maximum absolute atomic E-state index is 12.9. The number of furan rings is 2. The number of ether oxygens (including phenoxy) is 1. The first-order chi connectivity index (χ1) is 15.6. The van der Waals surface area contributed by atoms with Gasteiger partial charge in [-0.15, -0.1) is 0 Å². The molecule has 0 aliphatic heterocycles. The predicted molar refractivity (Wildman–Crippen MR) is 123 cm³/mol. The molecular weight excluding hydrogens is 406 g/mol. The lowest BCUT2D eigenvalue weighted by molar-refractivity contribution is 0.0528. The Kier molecular flexibility index (Phi) is 6.61. The highest BCUT2D eigenvalue weighted by atomic mass is 16.5. The smallest absolute Gasteiger partial charge is 0.342 e. The number of fused-ring (bicyclic) bond motifs is 1. The zero-order chi connectivity index (χ0) is 22.5. The standard InChI is InChI=1S/C26H27NO5/c1-3-30-26(29)24-23-20(13-14-27-17(2)16-19-10-7-15-31-19)21(28)11-12-22(23)32-25(24)18-8-5-4-6-9-18/h4-12,15,17,27-28H,3,13-14,16H2,1-2H3/t17-/m1/s1. The summed E-state index contributed by atoms with van der Waals surface area (Å²) in [5.74, 6) is 1.03. The molecule has 6 heteroatoms. The number of aromatic hydroxyl groups is 1. The number of phenolic OH excluding ortho intramolecular Hbond substituents is 1. The van der Waals surface area contributed by atoms with Crippen molar-refractivity contribution < 1.29 is 23.5 Å². The normalized spacial score (nSPS) is 12.2. The second-order valence-corrected chi connectivity index (χ2v) is 7.72. The molecule has 1 atom stereocenters. The summed E-state index contributed by atoms with van der Waals surface area (Å²) in [6, 6.07) is 16.8. The van der Waals surface area contributed by atoms with Gasteiger partial charge >= 0.3 is 5.97 Å². The van der Waals surface area contributed by atoms with Gasteiger partial charge in [-0.05, 0) is 51.1 Å². The fraction of sp³-hybridized carbons (Fsp3) is 0.269. The van der Waals surface area contributed by atoms with Crippen LogP contribution in [0.2, 0.25) is 0 Å². The van der Waals surface area contributed by atoms with Crippen LogP contribution in [0.25, 0.3) is 22.3 Å². The minimum atomic E-state index is -0.462. The molecule has 2 aromatic carbocycles. The van der Waals surface area contributed by atoms with Crippen LogP contribution in [0.15, 0.2) is 69.7 Å². The van der Waals surface area contributed by atoms with Crippen LogP contribution in [0, 0.1) is 0 Å². The van der Waals surface area contributed by atoms with E-state index in [1.54, 1.807) is 25.3 Å². The summed E-state index contributed by atoms with van der Waals surface area (Å²) in [6.45, 7) is 4.71. The van der Waals surface area contributed by atoms with Gasteiger partial charge < -0.3 is 24.0 Å². The molecule has 166 valence electrons. The Hall–Kier alpha value is -3.51. The van der Waals surface area contributed by atoms with Crippen molar-refractivity contribution in [3.05, 3.63) is 77.7 Å². The molecule has 2 heterocycles. The Bertz CT molecular complexity index is 1180. The fourth-order valence-corrected chi connectivity index (χ4v) is 3.94. The van der Waals surface area contributed by atoms with Gasteiger partial charge in [-0.1, -0.05) is 30.3 Å². The molecule has 0 saturated heterocycles. The fourth-order valence-electron chi connectivity index (χ4n) is 3.94. The van der Waals surface area contributed by atoms with Gasteiger partial charge in [-0.3, -0.25) is 0 Å². The third-order valence-corrected chi connectivity index (χ3v) is 5.41. The molecule has 0 aliphatic carbocycles. The van der Waals surface area contributed by atoms with E-state index in [0.717, 1.165) is 17.7 Å². The zero-order valence-electron chi connectivity index (χ0n) is 18.3. The molecule has 0 fully saturated rings. The topological polar surface area (TPSA) is 84.8 Å². The van der Waals surface area contributed by atoms with Gasteiger partial charge in [0.2, 0.25) is 0 Å². The Morgan fingerprint density at radius 2 is 1.94 bits per heavy atom. The number of rotatable bonds is 9. The van der Waals surface area contributed by atoms with Gasteiger partial charge in [-0.2, -0.15) is 0 Å². The first-order valence-electron chi connectivity index (χ1n) is 10.8. The summed E-state index contributed by atoms with van der Waals surface area (Å²) >= 11 is 0. The van der Waals surface area contributed by atoms with Crippen LogP contribution in [-0.4, -0.2) is 30.3 Å². The van der Waals surface area contributed by atoms with Gasteiger partial charge in [0.1, 0.15) is 28.4 Å². The number of hydrogen-bond donors (Lipinski definition) is 2. The number of benzene rings is 2. The van der Waals surface area contributed by atoms with Crippen molar-refractivity contribution in [2.75, 3.05) is 13.2 Å². The van der Waals surface area contributed by atoms with Crippen LogP contribution >= 0.6 is 0 Å². The molecule has 2 N–H and O–H groups in total. The molecule has 0 radical (unpaired) electrons. The average Bonchev–Trinajstić information content (AvgIpc) is 3.44. The monoisotopic (exact) mass is 433 g/mol. The minimum Gasteiger partial charge on any atom is -0.508 e. The van der Waals surface area contributed by atoms with Crippen molar-refractivity contribution in [2.24, 2.45) is 0 Å². The van der Waals surface area contributed by atoms with E-state index in [9.17, 15) is 9.90 Å². The lowest BCUT2D eigenvalue weighted by Gasteiger charge is -2.14. The molecule has 0 aliphatic rings. The van der Waals surface area contributed by atoms with Gasteiger partial charge in [0.25, 0.3) is 0 Å². The maximum atomic E-state index is 12.9. The van der Waals surface area contributed by atoms with Crippen molar-refractivity contribution in [1.82, 2.24) is 5.32 Å². The molecule has 0 unspecified atom stereocenters. The third kappa shape index (κ3) is 4.55. The van der Waals surface area contributed by atoms with Crippen LogP contribution in [0.4, 0.5) is 0 Å². The van der Waals surface area contributed by atoms with Gasteiger partial charge in [0.05, 0.1) is 12.9 Å². The van der Waals surface area contributed by atoms with E-state index in [4.69, 9.17) is 13.6 Å². The summed E-state index contributed by atoms with van der Waals surface area (Å²) in [5, 5.41) is 14.7. The first kappa shape index (κ1) is 21.7. The molecule has 4 aromatic rings. The quantitative estimate of drug-likeness (QED) is 0.347. The SMILES string of the molecule is CCOC(=O)c1c(-c2ccccc2)oc2ccc(O)c(CCN[C@H](C)Cc3ccco3)c12. The third-order valence-electron chi connectivity index (χ3n) is 5.41. The van der Waals surface area contributed by atoms with Gasteiger partial charge in [0.15, 0.2) is 0 Å². The van der Waals surface area contributed by atoms with E-state index in [-0.39, 0.29) is 18.4 Å². The highest BCUT2D eigenvalue weighted by Crippen LogP contribution is 2.39. The summed E-state index contributed by atoms with van der Waals surface area (Å²) in [4.78, 5) is 12.9. The average molecular weight is 434 g/mol. The molecule has 0 spiro atoms. The zero-order valence-corrected chi connectivity index (χ0v) is 18.3. The Balaban J connectivity index is 1.66. The highest BCUT2D eigenvalue weighted by molar-refractivity contribution is 6.10. The van der Waals surface area contributed by atoms with Gasteiger partial charge in [0, 0.05) is 29.0 Å². The second kappa shape index (κ2) is 9.75. The Morgan fingerprint density at radius 3 is 2.66 bits per heavy atom. The molecule has 0 amide bonds. The number of hydrogen-bond acceptors (Lipinski definition) is 6. The number of carbonyl (C=O) groups excluding carboxylic acids is 1. The molecule has 4 rings (SSSR count). The Labute approximate surface area is 186 Å². The number of nitrogens with one attached hydrogen (secondary N) is 1. The van der Waals surface area contributed by atoms with Crippen LogP contribution in [0.3, 0.4) is 0 Å². The second-order valence-electron chi connectivity index (χ2n) is 7.72. The largest absolute Gasteiger partial charge is 0.508 e. The maximum Gasteiger partial charge on any atom is 0.342 e. The van der Waals surface area contributed by atoms with E-state index >= 15 is 0 Å². The van der Waals surface area contributed by atoms with E-state index in [1.165, 1.54) is 0 Å². The lowest BCUT2D eigenvalue weighted by Crippen LogP contribution is -2.29.